The van der Waals surface area contributed by atoms with Crippen LogP contribution in [0.5, 0.6) is 17.2 Å². The molecular weight excluding hydrogens is 334 g/mol. The molecule has 0 unspecified atom stereocenters. The van der Waals surface area contributed by atoms with Crippen LogP contribution in [0.15, 0.2) is 44.5 Å². The third-order valence-electron chi connectivity index (χ3n) is 3.40. The molecule has 0 atom stereocenters. The van der Waals surface area contributed by atoms with Gasteiger partial charge >= 0.3 is 0 Å². The van der Waals surface area contributed by atoms with Gasteiger partial charge in [0.2, 0.25) is 0 Å². The molecule has 0 aliphatic heterocycles. The first kappa shape index (κ1) is 15.9. The van der Waals surface area contributed by atoms with E-state index >= 15 is 0 Å². The van der Waals surface area contributed by atoms with Crippen LogP contribution in [0.2, 0.25) is 5.02 Å². The summed E-state index contributed by atoms with van der Waals surface area (Å²) in [6.45, 7) is 1.59. The standard InChI is InChI=1S/C17H12ClNO5/c1-8-4-14(22)16-15(24-8)6-13(21)10(17(16)23)7-19-11-5-9(18)2-3-12(11)20/h2-7,20-21,23H,1H3. The Morgan fingerprint density at radius 2 is 1.88 bits per heavy atom. The molecule has 3 aromatic rings. The van der Waals surface area contributed by atoms with Crippen molar-refractivity contribution in [2.24, 2.45) is 4.99 Å². The Kier molecular flexibility index (Phi) is 3.91. The van der Waals surface area contributed by atoms with Crippen molar-refractivity contribution < 1.29 is 19.7 Å². The molecule has 0 saturated heterocycles. The Morgan fingerprint density at radius 3 is 2.62 bits per heavy atom. The lowest BCUT2D eigenvalue weighted by Crippen LogP contribution is -2.02. The van der Waals surface area contributed by atoms with Crippen LogP contribution in [0, 0.1) is 6.92 Å². The molecule has 0 radical (unpaired) electrons. The monoisotopic (exact) mass is 345 g/mol. The smallest absolute Gasteiger partial charge is 0.196 e. The van der Waals surface area contributed by atoms with Crippen molar-refractivity contribution in [2.75, 3.05) is 0 Å². The van der Waals surface area contributed by atoms with Gasteiger partial charge < -0.3 is 19.7 Å². The second kappa shape index (κ2) is 5.90. The highest BCUT2D eigenvalue weighted by atomic mass is 35.5. The van der Waals surface area contributed by atoms with Gasteiger partial charge in [0.15, 0.2) is 5.43 Å². The fraction of sp³-hybridized carbons (Fsp3) is 0.0588. The van der Waals surface area contributed by atoms with Crippen molar-refractivity contribution in [3.63, 3.8) is 0 Å². The van der Waals surface area contributed by atoms with Gasteiger partial charge in [0.05, 0.1) is 5.56 Å². The van der Waals surface area contributed by atoms with Crippen LogP contribution < -0.4 is 5.43 Å². The van der Waals surface area contributed by atoms with Gasteiger partial charge in [0.25, 0.3) is 0 Å². The van der Waals surface area contributed by atoms with Crippen molar-refractivity contribution >= 4 is 34.5 Å². The second-order valence-electron chi connectivity index (χ2n) is 5.14. The summed E-state index contributed by atoms with van der Waals surface area (Å²) in [5.74, 6) is -0.537. The number of aliphatic imine (C=N–C) groups is 1. The molecular formula is C17H12ClNO5. The highest BCUT2D eigenvalue weighted by Gasteiger charge is 2.16. The van der Waals surface area contributed by atoms with E-state index in [2.05, 4.69) is 4.99 Å². The molecule has 24 heavy (non-hydrogen) atoms. The summed E-state index contributed by atoms with van der Waals surface area (Å²) >= 11 is 5.84. The van der Waals surface area contributed by atoms with Crippen LogP contribution in [0.3, 0.4) is 0 Å². The SMILES string of the molecule is Cc1cc(=O)c2c(O)c(C=Nc3cc(Cl)ccc3O)c(O)cc2o1. The fourth-order valence-electron chi connectivity index (χ4n) is 2.29. The zero-order chi connectivity index (χ0) is 17.4. The van der Waals surface area contributed by atoms with E-state index in [9.17, 15) is 20.1 Å². The third-order valence-corrected chi connectivity index (χ3v) is 3.64. The Hall–Kier alpha value is -2.99. The molecule has 0 fully saturated rings. The van der Waals surface area contributed by atoms with Crippen LogP contribution in [0.1, 0.15) is 11.3 Å². The zero-order valence-corrected chi connectivity index (χ0v) is 13.2. The van der Waals surface area contributed by atoms with Gasteiger partial charge in [0.1, 0.15) is 39.7 Å². The van der Waals surface area contributed by atoms with Gasteiger partial charge in [-0.25, -0.2) is 0 Å². The van der Waals surface area contributed by atoms with E-state index in [1.807, 2.05) is 0 Å². The van der Waals surface area contributed by atoms with E-state index in [1.165, 1.54) is 30.3 Å². The van der Waals surface area contributed by atoms with Gasteiger partial charge in [-0.05, 0) is 25.1 Å². The minimum absolute atomic E-state index is 0.0600. The summed E-state index contributed by atoms with van der Waals surface area (Å²) in [7, 11) is 0. The van der Waals surface area contributed by atoms with Crippen molar-refractivity contribution in [1.82, 2.24) is 0 Å². The second-order valence-corrected chi connectivity index (χ2v) is 5.58. The van der Waals surface area contributed by atoms with Crippen LogP contribution in [0.4, 0.5) is 5.69 Å². The number of aryl methyl sites for hydroxylation is 1. The van der Waals surface area contributed by atoms with Crippen LogP contribution >= 0.6 is 11.6 Å². The lowest BCUT2D eigenvalue weighted by molar-refractivity contribution is 0.449. The fourth-order valence-corrected chi connectivity index (χ4v) is 2.45. The predicted octanol–water partition coefficient (Wildman–Crippen LogP) is 3.62. The van der Waals surface area contributed by atoms with E-state index in [4.69, 9.17) is 16.0 Å². The first-order valence-corrected chi connectivity index (χ1v) is 7.26. The molecule has 0 amide bonds. The van der Waals surface area contributed by atoms with E-state index in [0.29, 0.717) is 10.8 Å². The summed E-state index contributed by atoms with van der Waals surface area (Å²) in [6, 6.07) is 6.74. The average Bonchev–Trinajstić information content (AvgIpc) is 2.49. The Bertz CT molecular complexity index is 1040. The first-order chi connectivity index (χ1) is 11.4. The number of aromatic hydroxyl groups is 3. The molecule has 0 bridgehead atoms. The number of rotatable bonds is 2. The number of fused-ring (bicyclic) bond motifs is 1. The van der Waals surface area contributed by atoms with Gasteiger partial charge in [-0.1, -0.05) is 11.6 Å². The third kappa shape index (κ3) is 2.79. The maximum Gasteiger partial charge on any atom is 0.196 e. The Morgan fingerprint density at radius 1 is 1.12 bits per heavy atom. The largest absolute Gasteiger partial charge is 0.507 e. The zero-order valence-electron chi connectivity index (χ0n) is 12.4. The average molecular weight is 346 g/mol. The van der Waals surface area contributed by atoms with Crippen molar-refractivity contribution in [3.8, 4) is 17.2 Å². The number of halogens is 1. The van der Waals surface area contributed by atoms with Crippen LogP contribution in [-0.4, -0.2) is 21.5 Å². The topological polar surface area (TPSA) is 103 Å². The summed E-state index contributed by atoms with van der Waals surface area (Å²) in [6.07, 6.45) is 1.13. The predicted molar refractivity (Wildman–Crippen MR) is 90.9 cm³/mol. The molecule has 122 valence electrons. The molecule has 2 aromatic carbocycles. The number of benzene rings is 2. The normalized spacial score (nSPS) is 11.4. The highest BCUT2D eigenvalue weighted by molar-refractivity contribution is 6.30. The molecule has 1 heterocycles. The van der Waals surface area contributed by atoms with Crippen LogP contribution in [-0.2, 0) is 0 Å². The Labute approximate surface area is 140 Å². The van der Waals surface area contributed by atoms with E-state index < -0.39 is 11.2 Å². The van der Waals surface area contributed by atoms with Crippen molar-refractivity contribution in [3.05, 3.63) is 56.9 Å². The summed E-state index contributed by atoms with van der Waals surface area (Å²) in [4.78, 5) is 16.1. The number of phenolic OH excluding ortho intramolecular Hbond substituents is 3. The maximum absolute atomic E-state index is 12.1. The van der Waals surface area contributed by atoms with E-state index in [1.54, 1.807) is 6.92 Å². The molecule has 6 nitrogen and oxygen atoms in total. The molecule has 0 spiro atoms. The maximum atomic E-state index is 12.1. The minimum Gasteiger partial charge on any atom is -0.507 e. The minimum atomic E-state index is -0.455. The van der Waals surface area contributed by atoms with E-state index in [-0.39, 0.29) is 33.7 Å². The Balaban J connectivity index is 2.18. The quantitative estimate of drug-likeness (QED) is 0.615. The molecule has 3 N–H and O–H groups in total. The molecule has 1 aromatic heterocycles. The first-order valence-electron chi connectivity index (χ1n) is 6.89. The number of nitrogens with zero attached hydrogens (tertiary/aromatic N) is 1. The lowest BCUT2D eigenvalue weighted by atomic mass is 10.1. The van der Waals surface area contributed by atoms with Crippen molar-refractivity contribution in [2.45, 2.75) is 6.92 Å². The van der Waals surface area contributed by atoms with Crippen molar-refractivity contribution in [1.29, 1.82) is 0 Å². The number of hydrogen-bond acceptors (Lipinski definition) is 6. The molecule has 7 heteroatoms. The molecule has 0 aliphatic carbocycles. The summed E-state index contributed by atoms with van der Waals surface area (Å²) in [5.41, 5.74) is -0.292. The highest BCUT2D eigenvalue weighted by Crippen LogP contribution is 2.34. The van der Waals surface area contributed by atoms with Gasteiger partial charge in [-0.15, -0.1) is 0 Å². The lowest BCUT2D eigenvalue weighted by Gasteiger charge is -2.07. The number of hydrogen-bond donors (Lipinski definition) is 3. The molecule has 0 saturated carbocycles. The molecule has 0 aliphatic rings. The summed E-state index contributed by atoms with van der Waals surface area (Å²) < 4.78 is 5.33. The molecule has 3 rings (SSSR count). The van der Waals surface area contributed by atoms with E-state index in [0.717, 1.165) is 6.21 Å². The van der Waals surface area contributed by atoms with Crippen LogP contribution in [0.25, 0.3) is 11.0 Å². The van der Waals surface area contributed by atoms with Gasteiger partial charge in [0, 0.05) is 23.4 Å². The number of phenols is 3. The van der Waals surface area contributed by atoms with Gasteiger partial charge in [-0.2, -0.15) is 0 Å². The summed E-state index contributed by atoms with van der Waals surface area (Å²) in [5, 5.41) is 30.4. The van der Waals surface area contributed by atoms with Gasteiger partial charge in [-0.3, -0.25) is 9.79 Å².